The molecule has 0 saturated carbocycles. The second kappa shape index (κ2) is 8.72. The largest absolute Gasteiger partial charge is 0.452 e. The van der Waals surface area contributed by atoms with Gasteiger partial charge >= 0.3 is 5.97 Å². The van der Waals surface area contributed by atoms with Gasteiger partial charge in [0.2, 0.25) is 0 Å². The summed E-state index contributed by atoms with van der Waals surface area (Å²) in [6.07, 6.45) is 0.562. The first-order valence-corrected chi connectivity index (χ1v) is 9.37. The van der Waals surface area contributed by atoms with Gasteiger partial charge in [-0.05, 0) is 43.2 Å². The Kier molecular flexibility index (Phi) is 6.10. The van der Waals surface area contributed by atoms with E-state index >= 15 is 0 Å². The average Bonchev–Trinajstić information content (AvgIpc) is 2.72. The lowest BCUT2D eigenvalue weighted by atomic mass is 10.0. The Morgan fingerprint density at radius 1 is 1.24 bits per heavy atom. The number of nitrogens with one attached hydrogen (secondary N) is 1. The lowest BCUT2D eigenvalue weighted by Gasteiger charge is -2.13. The van der Waals surface area contributed by atoms with Crippen LogP contribution in [0.2, 0.25) is 5.02 Å². The zero-order chi connectivity index (χ0) is 21.0. The highest BCUT2D eigenvalue weighted by atomic mass is 35.5. The summed E-state index contributed by atoms with van der Waals surface area (Å²) in [4.78, 5) is 29.4. The van der Waals surface area contributed by atoms with Crippen LogP contribution in [-0.4, -0.2) is 23.5 Å². The van der Waals surface area contributed by atoms with Crippen LogP contribution in [-0.2, 0) is 16.0 Å². The van der Waals surface area contributed by atoms with E-state index in [4.69, 9.17) is 21.6 Å². The number of esters is 1. The van der Waals surface area contributed by atoms with Crippen LogP contribution in [0.25, 0.3) is 10.9 Å². The van der Waals surface area contributed by atoms with Crippen LogP contribution in [0.1, 0.15) is 34.1 Å². The third-order valence-corrected chi connectivity index (χ3v) is 4.79. The van der Waals surface area contributed by atoms with Crippen molar-refractivity contribution in [3.8, 4) is 6.07 Å². The topological polar surface area (TPSA) is 92.1 Å². The number of halogens is 1. The fourth-order valence-electron chi connectivity index (χ4n) is 3.05. The number of aryl methyl sites for hydroxylation is 2. The number of para-hydroxylation sites is 1. The Labute approximate surface area is 173 Å². The number of aromatic nitrogens is 1. The Balaban J connectivity index is 1.74. The van der Waals surface area contributed by atoms with Gasteiger partial charge in [-0.1, -0.05) is 36.7 Å². The normalized spacial score (nSPS) is 10.4. The van der Waals surface area contributed by atoms with Gasteiger partial charge in [-0.15, -0.1) is 0 Å². The van der Waals surface area contributed by atoms with Crippen molar-refractivity contribution in [3.05, 3.63) is 69.9 Å². The summed E-state index contributed by atoms with van der Waals surface area (Å²) in [5.41, 5.74) is 3.33. The van der Waals surface area contributed by atoms with Gasteiger partial charge in [0.15, 0.2) is 6.61 Å². The minimum absolute atomic E-state index is 0.229. The van der Waals surface area contributed by atoms with Crippen molar-refractivity contribution in [2.24, 2.45) is 0 Å². The van der Waals surface area contributed by atoms with Crippen molar-refractivity contribution in [3.63, 3.8) is 0 Å². The fourth-order valence-corrected chi connectivity index (χ4v) is 3.27. The number of pyridine rings is 1. The molecule has 0 aliphatic heterocycles. The minimum Gasteiger partial charge on any atom is -0.452 e. The maximum Gasteiger partial charge on any atom is 0.340 e. The third-order valence-electron chi connectivity index (χ3n) is 4.47. The molecule has 0 aliphatic carbocycles. The molecule has 3 aromatic rings. The van der Waals surface area contributed by atoms with E-state index in [-0.39, 0.29) is 5.02 Å². The molecule has 0 fully saturated rings. The number of rotatable bonds is 5. The van der Waals surface area contributed by atoms with E-state index in [9.17, 15) is 9.59 Å². The summed E-state index contributed by atoms with van der Waals surface area (Å²) in [6.45, 7) is 3.30. The molecule has 3 rings (SSSR count). The summed E-state index contributed by atoms with van der Waals surface area (Å²) in [5.74, 6) is -1.10. The highest BCUT2D eigenvalue weighted by Crippen LogP contribution is 2.24. The summed E-state index contributed by atoms with van der Waals surface area (Å²) in [5, 5.41) is 12.6. The van der Waals surface area contributed by atoms with E-state index in [0.29, 0.717) is 28.9 Å². The molecule has 0 unspecified atom stereocenters. The fraction of sp³-hybridized carbons (Fsp3) is 0.182. The van der Waals surface area contributed by atoms with Crippen LogP contribution in [0.4, 0.5) is 5.69 Å². The molecule has 146 valence electrons. The van der Waals surface area contributed by atoms with Gasteiger partial charge < -0.3 is 10.1 Å². The Morgan fingerprint density at radius 3 is 2.69 bits per heavy atom. The Morgan fingerprint density at radius 2 is 2.00 bits per heavy atom. The first-order chi connectivity index (χ1) is 13.9. The summed E-state index contributed by atoms with van der Waals surface area (Å²) >= 11 is 5.95. The van der Waals surface area contributed by atoms with Crippen LogP contribution in [0.5, 0.6) is 0 Å². The lowest BCUT2D eigenvalue weighted by molar-refractivity contribution is -0.119. The zero-order valence-corrected chi connectivity index (χ0v) is 16.7. The minimum atomic E-state index is -0.592. The van der Waals surface area contributed by atoms with Gasteiger partial charge in [-0.2, -0.15) is 5.26 Å². The van der Waals surface area contributed by atoms with Crippen molar-refractivity contribution >= 4 is 40.1 Å². The molecule has 0 spiro atoms. The van der Waals surface area contributed by atoms with Crippen LogP contribution in [0.3, 0.4) is 0 Å². The second-order valence-corrected chi connectivity index (χ2v) is 6.77. The zero-order valence-electron chi connectivity index (χ0n) is 16.0. The lowest BCUT2D eigenvalue weighted by Crippen LogP contribution is -2.22. The van der Waals surface area contributed by atoms with E-state index < -0.39 is 18.5 Å². The van der Waals surface area contributed by atoms with E-state index in [2.05, 4.69) is 10.3 Å². The van der Waals surface area contributed by atoms with Gasteiger partial charge in [-0.25, -0.2) is 4.79 Å². The number of benzene rings is 2. The molecule has 1 aromatic heterocycles. The highest BCUT2D eigenvalue weighted by molar-refractivity contribution is 6.32. The van der Waals surface area contributed by atoms with Gasteiger partial charge in [0.05, 0.1) is 27.4 Å². The molecule has 1 heterocycles. The van der Waals surface area contributed by atoms with Crippen molar-refractivity contribution < 1.29 is 14.3 Å². The van der Waals surface area contributed by atoms with E-state index in [1.165, 1.54) is 12.1 Å². The number of fused-ring (bicyclic) bond motifs is 1. The van der Waals surface area contributed by atoms with Gasteiger partial charge in [0.25, 0.3) is 5.91 Å². The molecule has 1 N–H and O–H groups in total. The maximum atomic E-state index is 12.7. The first kappa shape index (κ1) is 20.3. The highest BCUT2D eigenvalue weighted by Gasteiger charge is 2.20. The van der Waals surface area contributed by atoms with Gasteiger partial charge in [-0.3, -0.25) is 9.78 Å². The molecule has 29 heavy (non-hydrogen) atoms. The molecule has 0 aliphatic rings. The number of carbonyl (C=O) groups is 2. The second-order valence-electron chi connectivity index (χ2n) is 6.36. The van der Waals surface area contributed by atoms with E-state index in [1.54, 1.807) is 6.07 Å². The number of nitrogens with zero attached hydrogens (tertiary/aromatic N) is 2. The van der Waals surface area contributed by atoms with Crippen molar-refractivity contribution in [1.82, 2.24) is 4.98 Å². The molecule has 0 radical (unpaired) electrons. The van der Waals surface area contributed by atoms with E-state index in [1.807, 2.05) is 44.2 Å². The first-order valence-electron chi connectivity index (χ1n) is 8.99. The number of nitriles is 1. The molecule has 2 aromatic carbocycles. The number of amides is 1. The summed E-state index contributed by atoms with van der Waals surface area (Å²) in [6, 6.07) is 14.0. The molecule has 6 nitrogen and oxygen atoms in total. The number of carbonyl (C=O) groups excluding carboxylic acids is 2. The smallest absolute Gasteiger partial charge is 0.340 e. The number of ether oxygens (including phenoxy) is 1. The van der Waals surface area contributed by atoms with E-state index in [0.717, 1.165) is 16.5 Å². The summed E-state index contributed by atoms with van der Waals surface area (Å²) < 4.78 is 5.23. The third kappa shape index (κ3) is 4.36. The molecular weight excluding hydrogens is 390 g/mol. The van der Waals surface area contributed by atoms with Gasteiger partial charge in [0, 0.05) is 11.1 Å². The van der Waals surface area contributed by atoms with Crippen molar-refractivity contribution in [2.75, 3.05) is 11.9 Å². The predicted octanol–water partition coefficient (Wildman–Crippen LogP) is 4.43. The Hall–Kier alpha value is -3.43. The monoisotopic (exact) mass is 407 g/mol. The number of hydrogen-bond donors (Lipinski definition) is 1. The predicted molar refractivity (Wildman–Crippen MR) is 111 cm³/mol. The van der Waals surface area contributed by atoms with Gasteiger partial charge in [0.1, 0.15) is 6.07 Å². The quantitative estimate of drug-likeness (QED) is 0.632. The number of anilines is 1. The van der Waals surface area contributed by atoms with Crippen molar-refractivity contribution in [1.29, 1.82) is 5.26 Å². The standard InChI is InChI=1S/C22H18ClN3O3/c1-3-18-21(13(2)16-6-4-5-7-19(16)26-18)22(28)29-12-20(27)25-15-9-8-14(11-24)17(23)10-15/h4-10H,3,12H2,1-2H3,(H,25,27). The maximum absolute atomic E-state index is 12.7. The van der Waals surface area contributed by atoms with Crippen LogP contribution in [0, 0.1) is 18.3 Å². The molecule has 1 amide bonds. The average molecular weight is 408 g/mol. The molecule has 7 heteroatoms. The SMILES string of the molecule is CCc1nc2ccccc2c(C)c1C(=O)OCC(=O)Nc1ccc(C#N)c(Cl)c1. The Bertz CT molecular complexity index is 1150. The van der Waals surface area contributed by atoms with Crippen molar-refractivity contribution in [2.45, 2.75) is 20.3 Å². The summed E-state index contributed by atoms with van der Waals surface area (Å²) in [7, 11) is 0. The van der Waals surface area contributed by atoms with Crippen LogP contribution >= 0.6 is 11.6 Å². The van der Waals surface area contributed by atoms with Crippen LogP contribution in [0.15, 0.2) is 42.5 Å². The molecule has 0 saturated heterocycles. The number of hydrogen-bond acceptors (Lipinski definition) is 5. The van der Waals surface area contributed by atoms with Crippen LogP contribution < -0.4 is 5.32 Å². The molecule has 0 atom stereocenters. The molecular formula is C22H18ClN3O3. The molecule has 0 bridgehead atoms.